The first-order valence-electron chi connectivity index (χ1n) is 21.0. The number of rotatable bonds is 20. The van der Waals surface area contributed by atoms with E-state index in [1.54, 1.807) is 30.3 Å². The van der Waals surface area contributed by atoms with Crippen molar-refractivity contribution in [2.24, 2.45) is 11.8 Å². The lowest BCUT2D eigenvalue weighted by Gasteiger charge is -2.36. The van der Waals surface area contributed by atoms with Gasteiger partial charge in [-0.1, -0.05) is 132 Å². The summed E-state index contributed by atoms with van der Waals surface area (Å²) in [5.41, 5.74) is 5.78. The molecular weight excluding hydrogens is 805 g/mol. The Kier molecular flexibility index (Phi) is 16.8. The fourth-order valence-corrected chi connectivity index (χ4v) is 8.59. The maximum atomic E-state index is 14.4. The van der Waals surface area contributed by atoms with E-state index in [0.29, 0.717) is 23.4 Å². The largest absolute Gasteiger partial charge is 0.458 e. The van der Waals surface area contributed by atoms with Crippen molar-refractivity contribution in [3.05, 3.63) is 136 Å². The number of fused-ring (bicyclic) bond motifs is 3. The van der Waals surface area contributed by atoms with Crippen molar-refractivity contribution in [1.82, 2.24) is 20.5 Å². The number of benzene rings is 3. The average Bonchev–Trinajstić information content (AvgIpc) is 3.88. The number of carbonyl (C=O) groups is 5. The summed E-state index contributed by atoms with van der Waals surface area (Å²) in [6.07, 6.45) is 2.75. The van der Waals surface area contributed by atoms with E-state index in [2.05, 4.69) is 34.3 Å². The zero-order chi connectivity index (χ0) is 44.9. The van der Waals surface area contributed by atoms with Crippen LogP contribution in [0.25, 0.3) is 11.1 Å². The Morgan fingerprint density at radius 2 is 1.52 bits per heavy atom. The molecule has 3 aromatic carbocycles. The van der Waals surface area contributed by atoms with Crippen LogP contribution in [0.2, 0.25) is 0 Å². The molecule has 0 unspecified atom stereocenters. The number of hydrogen-bond acceptors (Lipinski definition) is 10. The molecule has 1 aliphatic rings. The van der Waals surface area contributed by atoms with Gasteiger partial charge in [-0.15, -0.1) is 11.3 Å². The summed E-state index contributed by atoms with van der Waals surface area (Å²) in [6.45, 7) is 14.5. The number of nitrogens with zero attached hydrogens (tertiary/aromatic N) is 2. The summed E-state index contributed by atoms with van der Waals surface area (Å²) in [5.74, 6) is -2.34. The highest BCUT2D eigenvalue weighted by Gasteiger charge is 2.36. The summed E-state index contributed by atoms with van der Waals surface area (Å²) in [4.78, 5) is 72.9. The molecule has 0 radical (unpaired) electrons. The number of likely N-dealkylation sites (N-methyl/N-ethyl adjacent to an activating group) is 1. The lowest BCUT2D eigenvalue weighted by molar-refractivity contribution is -0.148. The van der Waals surface area contributed by atoms with Crippen LogP contribution in [0.4, 0.5) is 4.79 Å². The lowest BCUT2D eigenvalue weighted by Crippen LogP contribution is -2.54. The summed E-state index contributed by atoms with van der Waals surface area (Å²) < 4.78 is 16.8. The summed E-state index contributed by atoms with van der Waals surface area (Å²) in [6, 6.07) is 23.8. The number of esters is 2. The Bertz CT molecular complexity index is 2190. The molecule has 0 spiro atoms. The van der Waals surface area contributed by atoms with Gasteiger partial charge < -0.3 is 29.7 Å². The van der Waals surface area contributed by atoms with Crippen LogP contribution in [0.1, 0.15) is 98.6 Å². The normalized spacial score (nSPS) is 14.6. The number of carbonyl (C=O) groups excluding carboxylic acids is 5. The second-order valence-electron chi connectivity index (χ2n) is 16.0. The molecule has 13 heteroatoms. The van der Waals surface area contributed by atoms with Gasteiger partial charge in [0.15, 0.2) is 6.10 Å². The van der Waals surface area contributed by atoms with Crippen molar-refractivity contribution in [3.8, 4) is 11.1 Å². The van der Waals surface area contributed by atoms with E-state index in [9.17, 15) is 24.0 Å². The summed E-state index contributed by atoms with van der Waals surface area (Å²) in [7, 11) is 1.68. The zero-order valence-electron chi connectivity index (χ0n) is 36.6. The van der Waals surface area contributed by atoms with E-state index in [-0.39, 0.29) is 49.0 Å². The van der Waals surface area contributed by atoms with Crippen LogP contribution in [0.5, 0.6) is 0 Å². The minimum atomic E-state index is -0.894. The van der Waals surface area contributed by atoms with Crippen LogP contribution >= 0.6 is 11.3 Å². The van der Waals surface area contributed by atoms with Gasteiger partial charge in [0.25, 0.3) is 5.91 Å². The molecule has 0 saturated carbocycles. The van der Waals surface area contributed by atoms with Crippen LogP contribution in [-0.2, 0) is 35.0 Å². The molecule has 12 nitrogen and oxygen atoms in total. The van der Waals surface area contributed by atoms with Crippen molar-refractivity contribution in [2.45, 2.75) is 91.0 Å². The first kappa shape index (κ1) is 47.0. The van der Waals surface area contributed by atoms with Crippen molar-refractivity contribution in [2.75, 3.05) is 20.3 Å². The van der Waals surface area contributed by atoms with Crippen LogP contribution in [0.3, 0.4) is 0 Å². The van der Waals surface area contributed by atoms with E-state index >= 15 is 0 Å². The maximum Gasteiger partial charge on any atom is 0.407 e. The van der Waals surface area contributed by atoms with E-state index < -0.39 is 48.2 Å². The lowest BCUT2D eigenvalue weighted by atomic mass is 9.93. The third-order valence-corrected chi connectivity index (χ3v) is 12.2. The molecule has 5 atom stereocenters. The summed E-state index contributed by atoms with van der Waals surface area (Å²) in [5, 5.41) is 7.83. The Hall–Kier alpha value is -6.08. The second kappa shape index (κ2) is 22.1. The Labute approximate surface area is 368 Å². The molecule has 0 fully saturated rings. The topological polar surface area (TPSA) is 153 Å². The maximum absolute atomic E-state index is 14.4. The van der Waals surface area contributed by atoms with Gasteiger partial charge in [-0.05, 0) is 53.0 Å². The number of aromatic nitrogens is 1. The fourth-order valence-electron chi connectivity index (χ4n) is 7.75. The van der Waals surface area contributed by atoms with Gasteiger partial charge in [-0.25, -0.2) is 14.6 Å². The molecule has 328 valence electrons. The van der Waals surface area contributed by atoms with Crippen LogP contribution in [0, 0.1) is 11.8 Å². The van der Waals surface area contributed by atoms with Crippen molar-refractivity contribution in [1.29, 1.82) is 0 Å². The molecule has 62 heavy (non-hydrogen) atoms. The van der Waals surface area contributed by atoms with Crippen LogP contribution in [0.15, 0.2) is 109 Å². The third kappa shape index (κ3) is 12.1. The van der Waals surface area contributed by atoms with Gasteiger partial charge >= 0.3 is 18.0 Å². The molecular formula is C49H58N4O8S. The first-order chi connectivity index (χ1) is 29.7. The Morgan fingerprint density at radius 1 is 0.887 bits per heavy atom. The predicted molar refractivity (Wildman–Crippen MR) is 240 cm³/mol. The quantitative estimate of drug-likeness (QED) is 0.0385. The molecule has 1 aromatic heterocycles. The van der Waals surface area contributed by atoms with E-state index in [1.807, 2.05) is 94.4 Å². The van der Waals surface area contributed by atoms with Gasteiger partial charge in [0.2, 0.25) is 5.91 Å². The van der Waals surface area contributed by atoms with Gasteiger partial charge in [0.05, 0.1) is 6.04 Å². The minimum absolute atomic E-state index is 0.0586. The van der Waals surface area contributed by atoms with Crippen LogP contribution < -0.4 is 10.6 Å². The predicted octanol–water partition coefficient (Wildman–Crippen LogP) is 8.59. The number of thiazole rings is 1. The van der Waals surface area contributed by atoms with Gasteiger partial charge in [0.1, 0.15) is 30.0 Å². The van der Waals surface area contributed by atoms with Crippen molar-refractivity contribution >= 4 is 41.2 Å². The smallest absolute Gasteiger partial charge is 0.407 e. The first-order valence-corrected chi connectivity index (χ1v) is 21.9. The number of ether oxygens (including phenoxy) is 3. The Balaban J connectivity index is 1.29. The van der Waals surface area contributed by atoms with E-state index in [1.165, 1.54) is 24.3 Å². The van der Waals surface area contributed by atoms with Gasteiger partial charge in [-0.3, -0.25) is 14.4 Å². The Morgan fingerprint density at radius 3 is 2.11 bits per heavy atom. The highest BCUT2D eigenvalue weighted by atomic mass is 32.1. The van der Waals surface area contributed by atoms with E-state index in [0.717, 1.165) is 27.8 Å². The molecule has 5 rings (SSSR count). The molecule has 3 amide bonds. The number of nitrogens with one attached hydrogen (secondary N) is 2. The SMILES string of the molecule is C=CCOC(=O)/C(C)=C/[C@H](Cc1ccccc1)NC(=O)c1csc([C@@H](C[C@H](C(C)C)N(C)C(=O)[C@@H](NC(=O)OCC2c3ccccc3-c3ccccc32)[C@@H](C)CC)OC(C)=O)n1. The number of hydrogen-bond donors (Lipinski definition) is 2. The molecule has 0 aliphatic heterocycles. The molecule has 2 N–H and O–H groups in total. The molecule has 0 saturated heterocycles. The van der Waals surface area contributed by atoms with Gasteiger partial charge in [-0.2, -0.15) is 0 Å². The standard InChI is InChI=1S/C49H58N4O8S/c1-9-24-59-48(57)32(6)25-35(26-34-18-12-11-13-19-34)50-45(55)41-29-62-46(51-41)43(61-33(7)54)27-42(30(3)4)53(8)47(56)44(31(5)10-2)52-49(58)60-28-40-38-22-16-14-20-36(38)37-21-15-17-23-39(37)40/h9,11-23,25,29-31,35,40,42-44H,1,10,24,26-28H2,2-8H3,(H,50,55)(H,52,58)/b32-25+/t31-,35+,42+,43+,44-/m0/s1. The second-order valence-corrected chi connectivity index (χ2v) is 16.9. The van der Waals surface area contributed by atoms with Crippen molar-refractivity contribution < 1.29 is 38.2 Å². The van der Waals surface area contributed by atoms with Gasteiger partial charge in [0, 0.05) is 43.3 Å². The highest BCUT2D eigenvalue weighted by molar-refractivity contribution is 7.09. The highest BCUT2D eigenvalue weighted by Crippen LogP contribution is 2.44. The molecule has 0 bridgehead atoms. The average molecular weight is 863 g/mol. The molecule has 4 aromatic rings. The minimum Gasteiger partial charge on any atom is -0.458 e. The number of amides is 3. The third-order valence-electron chi connectivity index (χ3n) is 11.2. The number of alkyl carbamates (subject to hydrolysis) is 1. The summed E-state index contributed by atoms with van der Waals surface area (Å²) >= 11 is 1.17. The van der Waals surface area contributed by atoms with Crippen LogP contribution in [-0.4, -0.2) is 78.1 Å². The fraction of sp³-hybridized carbons (Fsp3) is 0.388. The van der Waals surface area contributed by atoms with Crippen molar-refractivity contribution in [3.63, 3.8) is 0 Å². The monoisotopic (exact) mass is 862 g/mol. The zero-order valence-corrected chi connectivity index (χ0v) is 37.4. The van der Waals surface area contributed by atoms with E-state index in [4.69, 9.17) is 14.2 Å². The molecule has 1 heterocycles. The molecule has 1 aliphatic carbocycles.